The predicted molar refractivity (Wildman–Crippen MR) is 132 cm³/mol. The maximum Gasteiger partial charge on any atom is 0.416 e. The van der Waals surface area contributed by atoms with Gasteiger partial charge in [-0.05, 0) is 77.1 Å². The van der Waals surface area contributed by atoms with Crippen molar-refractivity contribution in [3.05, 3.63) is 88.0 Å². The Kier molecular flexibility index (Phi) is 9.15. The van der Waals surface area contributed by atoms with Gasteiger partial charge in [-0.2, -0.15) is 39.5 Å². The first-order chi connectivity index (χ1) is 18.4. The van der Waals surface area contributed by atoms with E-state index in [1.165, 1.54) is 13.2 Å². The van der Waals surface area contributed by atoms with Gasteiger partial charge in [-0.3, -0.25) is 5.84 Å². The Morgan fingerprint density at radius 1 is 0.725 bits per heavy atom. The van der Waals surface area contributed by atoms with E-state index in [0.717, 1.165) is 22.7 Å². The van der Waals surface area contributed by atoms with Crippen LogP contribution in [0.3, 0.4) is 0 Å². The molecule has 40 heavy (non-hydrogen) atoms. The normalized spacial score (nSPS) is 12.9. The lowest BCUT2D eigenvalue weighted by molar-refractivity contribution is -0.143. The van der Waals surface area contributed by atoms with Crippen molar-refractivity contribution >= 4 is 0 Å². The van der Waals surface area contributed by atoms with Crippen LogP contribution in [0.5, 0.6) is 5.75 Å². The Balaban J connectivity index is 1.97. The number of hydrogen-bond donors (Lipinski definition) is 1. The molecule has 0 aliphatic carbocycles. The molecule has 218 valence electrons. The summed E-state index contributed by atoms with van der Waals surface area (Å²) in [7, 11) is 1.41. The van der Waals surface area contributed by atoms with E-state index in [4.69, 9.17) is 10.6 Å². The zero-order chi connectivity index (χ0) is 30.0. The first kappa shape index (κ1) is 31.3. The van der Waals surface area contributed by atoms with E-state index in [1.807, 2.05) is 19.9 Å². The highest BCUT2D eigenvalue weighted by Crippen LogP contribution is 2.39. The quantitative estimate of drug-likeness (QED) is 0.166. The van der Waals surface area contributed by atoms with Crippen molar-refractivity contribution in [2.24, 2.45) is 5.84 Å². The topological polar surface area (TPSA) is 38.5 Å². The molecule has 0 aromatic heterocycles. The number of benzene rings is 3. The molecule has 3 aromatic carbocycles. The monoisotopic (exact) mass is 578 g/mol. The maximum atomic E-state index is 13.5. The van der Waals surface area contributed by atoms with Gasteiger partial charge in [0.25, 0.3) is 0 Å². The molecule has 0 unspecified atom stereocenters. The van der Waals surface area contributed by atoms with Crippen LogP contribution in [-0.2, 0) is 31.5 Å². The number of methoxy groups -OCH3 is 1. The smallest absolute Gasteiger partial charge is 0.416 e. The second-order valence-corrected chi connectivity index (χ2v) is 9.62. The van der Waals surface area contributed by atoms with Gasteiger partial charge in [-0.25, -0.2) is 5.01 Å². The van der Waals surface area contributed by atoms with Crippen molar-refractivity contribution < 1.29 is 44.3 Å². The van der Waals surface area contributed by atoms with E-state index in [0.29, 0.717) is 29.0 Å². The Morgan fingerprint density at radius 3 is 1.80 bits per heavy atom. The Labute approximate surface area is 225 Å². The summed E-state index contributed by atoms with van der Waals surface area (Å²) in [5.74, 6) is 6.53. The molecule has 0 amide bonds. The van der Waals surface area contributed by atoms with E-state index in [9.17, 15) is 39.5 Å². The van der Waals surface area contributed by atoms with Gasteiger partial charge in [-0.1, -0.05) is 26.0 Å². The fourth-order valence-electron chi connectivity index (χ4n) is 4.19. The standard InChI is InChI=1S/C28H27F9N2O/c1-16(2)18-4-7-25(40-3)24(13-18)23-6-5-20(26(29,30)31)12-19(23)15-39(38)9-8-17-10-21(27(32,33)34)14-22(11-17)28(35,36)37/h4-7,10-14,16H,8-9,15,38H2,1-3H3. The molecule has 0 saturated carbocycles. The minimum atomic E-state index is -5.01. The van der Waals surface area contributed by atoms with Crippen molar-refractivity contribution in [1.82, 2.24) is 5.01 Å². The van der Waals surface area contributed by atoms with Crippen LogP contribution in [0.25, 0.3) is 11.1 Å². The SMILES string of the molecule is COc1ccc(C(C)C)cc1-c1ccc(C(F)(F)F)cc1CN(N)CCc1cc(C(F)(F)F)cc(C(F)(F)F)c1. The van der Waals surface area contributed by atoms with Crippen LogP contribution in [0.4, 0.5) is 39.5 Å². The van der Waals surface area contributed by atoms with E-state index >= 15 is 0 Å². The van der Waals surface area contributed by atoms with Crippen molar-refractivity contribution in [2.75, 3.05) is 13.7 Å². The molecule has 0 radical (unpaired) electrons. The lowest BCUT2D eigenvalue weighted by Gasteiger charge is -2.22. The zero-order valence-corrected chi connectivity index (χ0v) is 21.7. The molecule has 0 spiro atoms. The summed E-state index contributed by atoms with van der Waals surface area (Å²) < 4.78 is 125. The molecule has 0 atom stereocenters. The molecule has 3 rings (SSSR count). The summed E-state index contributed by atoms with van der Waals surface area (Å²) >= 11 is 0. The molecule has 0 fully saturated rings. The molecule has 3 aromatic rings. The van der Waals surface area contributed by atoms with Crippen molar-refractivity contribution in [2.45, 2.75) is 51.3 Å². The molecule has 3 nitrogen and oxygen atoms in total. The molecular formula is C28H27F9N2O. The van der Waals surface area contributed by atoms with E-state index < -0.39 is 35.2 Å². The fraction of sp³-hybridized carbons (Fsp3) is 0.357. The molecule has 0 bridgehead atoms. The second kappa shape index (κ2) is 11.7. The van der Waals surface area contributed by atoms with Gasteiger partial charge in [0, 0.05) is 18.7 Å². The molecule has 12 heteroatoms. The van der Waals surface area contributed by atoms with Gasteiger partial charge >= 0.3 is 18.5 Å². The summed E-state index contributed by atoms with van der Waals surface area (Å²) in [4.78, 5) is 0. The number of alkyl halides is 9. The highest BCUT2D eigenvalue weighted by molar-refractivity contribution is 5.74. The molecule has 0 heterocycles. The van der Waals surface area contributed by atoms with Crippen LogP contribution < -0.4 is 10.6 Å². The van der Waals surface area contributed by atoms with Crippen LogP contribution in [0, 0.1) is 0 Å². The van der Waals surface area contributed by atoms with Gasteiger partial charge in [-0.15, -0.1) is 0 Å². The van der Waals surface area contributed by atoms with Crippen molar-refractivity contribution in [3.63, 3.8) is 0 Å². The molecule has 0 aliphatic rings. The number of halogens is 9. The highest BCUT2D eigenvalue weighted by atomic mass is 19.4. The molecule has 0 saturated heterocycles. The summed E-state index contributed by atoms with van der Waals surface area (Å²) in [5, 5.41) is 1.05. The third kappa shape index (κ3) is 7.69. The van der Waals surface area contributed by atoms with E-state index in [-0.39, 0.29) is 42.6 Å². The average molecular weight is 579 g/mol. The predicted octanol–water partition coefficient (Wildman–Crippen LogP) is 8.46. The zero-order valence-electron chi connectivity index (χ0n) is 21.7. The number of nitrogens with two attached hydrogens (primary N) is 1. The number of rotatable bonds is 8. The number of ether oxygens (including phenoxy) is 1. The summed E-state index contributed by atoms with van der Waals surface area (Å²) in [6.45, 7) is 3.37. The summed E-state index contributed by atoms with van der Waals surface area (Å²) in [6, 6.07) is 9.66. The fourth-order valence-corrected chi connectivity index (χ4v) is 4.19. The third-order valence-electron chi connectivity index (χ3n) is 6.32. The van der Waals surface area contributed by atoms with Gasteiger partial charge in [0.2, 0.25) is 0 Å². The van der Waals surface area contributed by atoms with Crippen molar-refractivity contribution in [3.8, 4) is 16.9 Å². The number of hydrazine groups is 1. The van der Waals surface area contributed by atoms with E-state index in [1.54, 1.807) is 12.1 Å². The van der Waals surface area contributed by atoms with Crippen LogP contribution >= 0.6 is 0 Å². The Hall–Kier alpha value is -3.25. The Bertz CT molecular complexity index is 1300. The van der Waals surface area contributed by atoms with Crippen LogP contribution in [0.15, 0.2) is 54.6 Å². The minimum Gasteiger partial charge on any atom is -0.496 e. The summed E-state index contributed by atoms with van der Waals surface area (Å²) in [5.41, 5.74) is -2.18. The number of nitrogens with zero attached hydrogens (tertiary/aromatic N) is 1. The summed E-state index contributed by atoms with van der Waals surface area (Å²) in [6.07, 6.45) is -15.0. The molecule has 0 aliphatic heterocycles. The lowest BCUT2D eigenvalue weighted by Crippen LogP contribution is -2.33. The van der Waals surface area contributed by atoms with Gasteiger partial charge in [0.15, 0.2) is 0 Å². The van der Waals surface area contributed by atoms with Gasteiger partial charge < -0.3 is 4.74 Å². The van der Waals surface area contributed by atoms with Crippen LogP contribution in [0.1, 0.15) is 53.1 Å². The second-order valence-electron chi connectivity index (χ2n) is 9.62. The molecular weight excluding hydrogens is 551 g/mol. The van der Waals surface area contributed by atoms with Gasteiger partial charge in [0.05, 0.1) is 23.8 Å². The largest absolute Gasteiger partial charge is 0.496 e. The van der Waals surface area contributed by atoms with Crippen LogP contribution in [0.2, 0.25) is 0 Å². The highest BCUT2D eigenvalue weighted by Gasteiger charge is 2.37. The number of hydrogen-bond acceptors (Lipinski definition) is 3. The van der Waals surface area contributed by atoms with Crippen molar-refractivity contribution in [1.29, 1.82) is 0 Å². The first-order valence-electron chi connectivity index (χ1n) is 12.1. The first-order valence-corrected chi connectivity index (χ1v) is 12.1. The lowest BCUT2D eigenvalue weighted by atomic mass is 9.92. The maximum absolute atomic E-state index is 13.5. The molecule has 2 N–H and O–H groups in total. The minimum absolute atomic E-state index is 0.0251. The average Bonchev–Trinajstić information content (AvgIpc) is 2.85. The van der Waals surface area contributed by atoms with Gasteiger partial charge in [0.1, 0.15) is 5.75 Å². The van der Waals surface area contributed by atoms with E-state index in [2.05, 4.69) is 0 Å². The van der Waals surface area contributed by atoms with Crippen LogP contribution in [-0.4, -0.2) is 18.7 Å². The third-order valence-corrected chi connectivity index (χ3v) is 6.32. The Morgan fingerprint density at radius 2 is 1.30 bits per heavy atom.